The summed E-state index contributed by atoms with van der Waals surface area (Å²) in [4.78, 5) is 24.0. The summed E-state index contributed by atoms with van der Waals surface area (Å²) in [5, 5.41) is 9.15. The third-order valence-electron chi connectivity index (χ3n) is 3.54. The minimum atomic E-state index is -0.257. The summed E-state index contributed by atoms with van der Waals surface area (Å²) < 4.78 is 0. The van der Waals surface area contributed by atoms with Crippen LogP contribution in [0.25, 0.3) is 0 Å². The van der Waals surface area contributed by atoms with Crippen LogP contribution in [0.5, 0.6) is 0 Å². The summed E-state index contributed by atoms with van der Waals surface area (Å²) in [6.45, 7) is 2.36. The van der Waals surface area contributed by atoms with Gasteiger partial charge in [0, 0.05) is 13.0 Å². The van der Waals surface area contributed by atoms with Crippen LogP contribution in [0.4, 0.5) is 0 Å². The quantitative estimate of drug-likeness (QED) is 0.725. The number of hydrogen-bond acceptors (Lipinski definition) is 3. The van der Waals surface area contributed by atoms with Gasteiger partial charge in [0.05, 0.1) is 12.5 Å². The topological polar surface area (TPSA) is 70.2 Å². The largest absolute Gasteiger partial charge is 0.356 e. The highest BCUT2D eigenvalue weighted by molar-refractivity contribution is 5.80. The van der Waals surface area contributed by atoms with E-state index in [1.165, 1.54) is 0 Å². The van der Waals surface area contributed by atoms with Crippen LogP contribution in [0.3, 0.4) is 0 Å². The van der Waals surface area contributed by atoms with E-state index in [4.69, 9.17) is 0 Å². The van der Waals surface area contributed by atoms with Gasteiger partial charge in [-0.25, -0.2) is 0 Å². The average molecular weight is 289 g/mol. The third kappa shape index (κ3) is 5.55. The fourth-order valence-electron chi connectivity index (χ4n) is 2.40. The van der Waals surface area contributed by atoms with Gasteiger partial charge in [0.2, 0.25) is 11.8 Å². The molecule has 1 aliphatic rings. The Morgan fingerprint density at radius 2 is 1.67 bits per heavy atom. The van der Waals surface area contributed by atoms with Crippen LogP contribution in [-0.4, -0.2) is 31.4 Å². The Bertz CT molecular complexity index is 438. The van der Waals surface area contributed by atoms with Crippen LogP contribution >= 0.6 is 0 Å². The first-order chi connectivity index (χ1) is 10.3. The standard InChI is InChI=1S/C16H23N3O2/c20-15-8-4-9-17-10-5-11-18-16(21)12-14(19-15)13-6-2-1-3-7-13/h1-3,6-7,14,17H,4-5,8-12H2,(H,18,21)(H,19,20). The van der Waals surface area contributed by atoms with Crippen LogP contribution in [-0.2, 0) is 9.59 Å². The maximum absolute atomic E-state index is 12.0. The van der Waals surface area contributed by atoms with Crippen molar-refractivity contribution in [1.29, 1.82) is 0 Å². The van der Waals surface area contributed by atoms with E-state index in [1.807, 2.05) is 30.3 Å². The van der Waals surface area contributed by atoms with E-state index in [-0.39, 0.29) is 24.3 Å². The number of hydrogen-bond donors (Lipinski definition) is 3. The summed E-state index contributed by atoms with van der Waals surface area (Å²) in [6.07, 6.45) is 2.49. The highest BCUT2D eigenvalue weighted by atomic mass is 16.2. The minimum absolute atomic E-state index is 0.00213. The molecule has 2 rings (SSSR count). The first-order valence-corrected chi connectivity index (χ1v) is 7.57. The SMILES string of the molecule is O=C1CC(c2ccccc2)NC(=O)CCCNCCCN1. The molecule has 0 saturated carbocycles. The van der Waals surface area contributed by atoms with Gasteiger partial charge < -0.3 is 16.0 Å². The first kappa shape index (κ1) is 15.5. The Morgan fingerprint density at radius 3 is 2.48 bits per heavy atom. The number of nitrogens with one attached hydrogen (secondary N) is 3. The van der Waals surface area contributed by atoms with E-state index in [0.717, 1.165) is 31.5 Å². The fraction of sp³-hybridized carbons (Fsp3) is 0.500. The lowest BCUT2D eigenvalue weighted by Gasteiger charge is -2.19. The fourth-order valence-corrected chi connectivity index (χ4v) is 2.40. The van der Waals surface area contributed by atoms with Crippen molar-refractivity contribution in [3.63, 3.8) is 0 Å². The van der Waals surface area contributed by atoms with E-state index in [2.05, 4.69) is 16.0 Å². The van der Waals surface area contributed by atoms with Crippen LogP contribution < -0.4 is 16.0 Å². The summed E-state index contributed by atoms with van der Waals surface area (Å²) in [7, 11) is 0. The summed E-state index contributed by atoms with van der Waals surface area (Å²) in [5.74, 6) is -0.0268. The van der Waals surface area contributed by atoms with Gasteiger partial charge in [0.1, 0.15) is 0 Å². The predicted octanol–water partition coefficient (Wildman–Crippen LogP) is 1.12. The molecule has 114 valence electrons. The zero-order valence-corrected chi connectivity index (χ0v) is 12.2. The van der Waals surface area contributed by atoms with E-state index in [0.29, 0.717) is 13.0 Å². The van der Waals surface area contributed by atoms with Gasteiger partial charge in [0.25, 0.3) is 0 Å². The molecule has 0 bridgehead atoms. The van der Waals surface area contributed by atoms with Crippen LogP contribution in [0, 0.1) is 0 Å². The molecule has 0 aliphatic carbocycles. The molecule has 1 unspecified atom stereocenters. The maximum Gasteiger partial charge on any atom is 0.222 e. The molecule has 21 heavy (non-hydrogen) atoms. The van der Waals surface area contributed by atoms with Crippen LogP contribution in [0.1, 0.15) is 37.3 Å². The van der Waals surface area contributed by atoms with Crippen molar-refractivity contribution in [3.05, 3.63) is 35.9 Å². The number of carbonyl (C=O) groups excluding carboxylic acids is 2. The second-order valence-electron chi connectivity index (χ2n) is 5.29. The van der Waals surface area contributed by atoms with E-state index in [1.54, 1.807) is 0 Å². The Balaban J connectivity index is 2.06. The molecule has 5 nitrogen and oxygen atoms in total. The monoisotopic (exact) mass is 289 g/mol. The number of benzene rings is 1. The molecule has 1 aromatic rings. The molecule has 0 radical (unpaired) electrons. The molecule has 5 heteroatoms. The molecular formula is C16H23N3O2. The van der Waals surface area contributed by atoms with Crippen LogP contribution in [0.15, 0.2) is 30.3 Å². The second-order valence-corrected chi connectivity index (χ2v) is 5.29. The first-order valence-electron chi connectivity index (χ1n) is 7.57. The molecule has 3 N–H and O–H groups in total. The highest BCUT2D eigenvalue weighted by Gasteiger charge is 2.18. The molecule has 1 aromatic carbocycles. The van der Waals surface area contributed by atoms with Crippen molar-refractivity contribution in [2.75, 3.05) is 19.6 Å². The maximum atomic E-state index is 12.0. The molecular weight excluding hydrogens is 266 g/mol. The molecule has 1 fully saturated rings. The Morgan fingerprint density at radius 1 is 0.905 bits per heavy atom. The predicted molar refractivity (Wildman–Crippen MR) is 81.7 cm³/mol. The number of carbonyl (C=O) groups is 2. The molecule has 1 aliphatic heterocycles. The lowest BCUT2D eigenvalue weighted by atomic mass is 10.0. The molecule has 0 aromatic heterocycles. The number of amides is 2. The Labute approximate surface area is 125 Å². The van der Waals surface area contributed by atoms with Gasteiger partial charge in [-0.3, -0.25) is 9.59 Å². The lowest BCUT2D eigenvalue weighted by molar-refractivity contribution is -0.123. The molecule has 0 spiro atoms. The zero-order valence-electron chi connectivity index (χ0n) is 12.2. The lowest BCUT2D eigenvalue weighted by Crippen LogP contribution is -2.34. The van der Waals surface area contributed by atoms with Crippen molar-refractivity contribution in [2.24, 2.45) is 0 Å². The van der Waals surface area contributed by atoms with Crippen molar-refractivity contribution in [3.8, 4) is 0 Å². The highest BCUT2D eigenvalue weighted by Crippen LogP contribution is 2.16. The average Bonchev–Trinajstić information content (AvgIpc) is 2.51. The van der Waals surface area contributed by atoms with Crippen molar-refractivity contribution in [2.45, 2.75) is 31.7 Å². The van der Waals surface area contributed by atoms with Gasteiger partial charge >= 0.3 is 0 Å². The second kappa shape index (κ2) is 8.42. The van der Waals surface area contributed by atoms with Crippen molar-refractivity contribution in [1.82, 2.24) is 16.0 Å². The van der Waals surface area contributed by atoms with Crippen LogP contribution in [0.2, 0.25) is 0 Å². The minimum Gasteiger partial charge on any atom is -0.356 e. The van der Waals surface area contributed by atoms with Gasteiger partial charge in [-0.05, 0) is 31.5 Å². The van der Waals surface area contributed by atoms with Gasteiger partial charge in [-0.2, -0.15) is 0 Å². The van der Waals surface area contributed by atoms with Crippen molar-refractivity contribution >= 4 is 11.8 Å². The van der Waals surface area contributed by atoms with E-state index in [9.17, 15) is 9.59 Å². The van der Waals surface area contributed by atoms with Crippen molar-refractivity contribution < 1.29 is 9.59 Å². The smallest absolute Gasteiger partial charge is 0.222 e. The van der Waals surface area contributed by atoms with Gasteiger partial charge in [-0.15, -0.1) is 0 Å². The molecule has 1 heterocycles. The van der Waals surface area contributed by atoms with E-state index < -0.39 is 0 Å². The Hall–Kier alpha value is -1.88. The number of rotatable bonds is 1. The van der Waals surface area contributed by atoms with E-state index >= 15 is 0 Å². The third-order valence-corrected chi connectivity index (χ3v) is 3.54. The van der Waals surface area contributed by atoms with Gasteiger partial charge in [0.15, 0.2) is 0 Å². The molecule has 1 atom stereocenters. The zero-order chi connectivity index (χ0) is 14.9. The Kier molecular flexibility index (Phi) is 6.22. The summed E-state index contributed by atoms with van der Waals surface area (Å²) in [6, 6.07) is 9.40. The molecule has 2 amide bonds. The van der Waals surface area contributed by atoms with Gasteiger partial charge in [-0.1, -0.05) is 30.3 Å². The normalized spacial score (nSPS) is 22.2. The molecule has 1 saturated heterocycles. The summed E-state index contributed by atoms with van der Waals surface area (Å²) in [5.41, 5.74) is 0.967. The summed E-state index contributed by atoms with van der Waals surface area (Å²) >= 11 is 0.